The zero-order valence-electron chi connectivity index (χ0n) is 26.2. The molecule has 5 aliphatic rings. The zero-order valence-corrected chi connectivity index (χ0v) is 26.2. The number of hydrogen-bond donors (Lipinski definition) is 3. The van der Waals surface area contributed by atoms with Gasteiger partial charge in [-0.3, -0.25) is 4.98 Å². The Kier molecular flexibility index (Phi) is 8.91. The average molecular weight is 611 g/mol. The number of nitrogens with one attached hydrogen (secondary N) is 2. The number of anilines is 1. The van der Waals surface area contributed by atoms with Crippen molar-refractivity contribution in [2.24, 2.45) is 17.8 Å². The van der Waals surface area contributed by atoms with Crippen molar-refractivity contribution >= 4 is 11.7 Å². The lowest BCUT2D eigenvalue weighted by Crippen LogP contribution is -2.60. The van der Waals surface area contributed by atoms with Gasteiger partial charge in [-0.05, 0) is 98.7 Å². The van der Waals surface area contributed by atoms with E-state index in [0.29, 0.717) is 6.42 Å². The number of aliphatic hydroxyl groups excluding tert-OH is 1. The first kappa shape index (κ1) is 30.4. The molecule has 8 heteroatoms. The predicted molar refractivity (Wildman–Crippen MR) is 173 cm³/mol. The molecule has 238 valence electrons. The molecule has 45 heavy (non-hydrogen) atoms. The number of ether oxygens (including phenoxy) is 2. The lowest BCUT2D eigenvalue weighted by Gasteiger charge is -2.56. The van der Waals surface area contributed by atoms with E-state index >= 15 is 0 Å². The Morgan fingerprint density at radius 3 is 2.38 bits per heavy atom. The van der Waals surface area contributed by atoms with Gasteiger partial charge in [-0.2, -0.15) is 0 Å². The third-order valence-electron chi connectivity index (χ3n) is 10.4. The highest BCUT2D eigenvalue weighted by atomic mass is 16.7. The van der Waals surface area contributed by atoms with Gasteiger partial charge in [0.1, 0.15) is 0 Å². The molecule has 1 aromatic heterocycles. The number of likely N-dealkylation sites (N-methyl/N-ethyl adjacent to an activating group) is 1. The Morgan fingerprint density at radius 1 is 0.933 bits per heavy atom. The second-order valence-electron chi connectivity index (χ2n) is 14.1. The van der Waals surface area contributed by atoms with Crippen LogP contribution in [0.15, 0.2) is 72.9 Å². The summed E-state index contributed by atoms with van der Waals surface area (Å²) in [5.41, 5.74) is 4.58. The number of carbonyl (C=O) groups excluding carboxylic acids is 1. The summed E-state index contributed by atoms with van der Waals surface area (Å²) in [6.45, 7) is 1.64. The maximum Gasteiger partial charge on any atom is 0.319 e. The predicted octanol–water partition coefficient (Wildman–Crippen LogP) is 6.38. The van der Waals surface area contributed by atoms with Crippen LogP contribution in [0.4, 0.5) is 10.5 Å². The van der Waals surface area contributed by atoms with Crippen molar-refractivity contribution in [3.8, 4) is 0 Å². The van der Waals surface area contributed by atoms with E-state index in [4.69, 9.17) is 9.47 Å². The number of aromatic nitrogens is 1. The summed E-state index contributed by atoms with van der Waals surface area (Å²) in [4.78, 5) is 20.1. The summed E-state index contributed by atoms with van der Waals surface area (Å²) >= 11 is 0. The van der Waals surface area contributed by atoms with Crippen molar-refractivity contribution in [1.29, 1.82) is 0 Å². The van der Waals surface area contributed by atoms with Gasteiger partial charge in [0.2, 0.25) is 0 Å². The smallest absolute Gasteiger partial charge is 0.319 e. The minimum absolute atomic E-state index is 0.0114. The third kappa shape index (κ3) is 7.25. The van der Waals surface area contributed by atoms with Gasteiger partial charge in [-0.1, -0.05) is 42.5 Å². The number of pyridine rings is 1. The summed E-state index contributed by atoms with van der Waals surface area (Å²) in [5.74, 6) is 2.32. The normalized spacial score (nSPS) is 30.4. The molecule has 2 amide bonds. The second-order valence-corrected chi connectivity index (χ2v) is 14.1. The number of aliphatic hydroxyl groups is 1. The van der Waals surface area contributed by atoms with Crippen LogP contribution in [0.25, 0.3) is 0 Å². The largest absolute Gasteiger partial charge is 0.392 e. The Balaban J connectivity index is 1.03. The maximum absolute atomic E-state index is 13.3. The Morgan fingerprint density at radius 2 is 1.69 bits per heavy atom. The van der Waals surface area contributed by atoms with Crippen LogP contribution >= 0.6 is 0 Å². The highest BCUT2D eigenvalue weighted by molar-refractivity contribution is 5.90. The molecule has 3 atom stereocenters. The molecule has 0 unspecified atom stereocenters. The molecule has 0 radical (unpaired) electrons. The fraction of sp³-hybridized carbons (Fsp3) is 0.514. The highest BCUT2D eigenvalue weighted by Crippen LogP contribution is 2.55. The van der Waals surface area contributed by atoms with Crippen LogP contribution in [0.3, 0.4) is 0 Å². The number of rotatable bonds is 10. The molecular weight excluding hydrogens is 564 g/mol. The van der Waals surface area contributed by atoms with E-state index in [0.717, 1.165) is 84.6 Å². The second kappa shape index (κ2) is 13.2. The first-order valence-electron chi connectivity index (χ1n) is 16.7. The number of carbonyl (C=O) groups is 1. The van der Waals surface area contributed by atoms with Crippen LogP contribution in [0, 0.1) is 17.8 Å². The molecule has 0 spiro atoms. The topological polar surface area (TPSA) is 96.0 Å². The van der Waals surface area contributed by atoms with Crippen LogP contribution in [-0.4, -0.2) is 52.8 Å². The minimum Gasteiger partial charge on any atom is -0.392 e. The van der Waals surface area contributed by atoms with E-state index in [2.05, 4.69) is 33.6 Å². The molecular formula is C37H46N4O4. The fourth-order valence-electron chi connectivity index (χ4n) is 8.75. The van der Waals surface area contributed by atoms with Crippen molar-refractivity contribution in [2.75, 3.05) is 25.5 Å². The SMILES string of the molecule is CN(CCc1ccccn1)C[C@H]1C[C@@H](c2ccc(CO)cc2)O[C@@H](c2cccc(NC(=O)NC34CC5CC(CC(C5)C3)C4)c2)O1. The number of benzene rings is 2. The molecule has 5 fully saturated rings. The molecule has 2 aromatic carbocycles. The molecule has 1 aliphatic heterocycles. The van der Waals surface area contributed by atoms with Gasteiger partial charge in [0.05, 0.1) is 18.8 Å². The zero-order chi connectivity index (χ0) is 30.8. The van der Waals surface area contributed by atoms with E-state index in [1.165, 1.54) is 19.3 Å². The van der Waals surface area contributed by atoms with E-state index in [-0.39, 0.29) is 30.4 Å². The molecule has 4 bridgehead atoms. The lowest BCUT2D eigenvalue weighted by molar-refractivity contribution is -0.252. The van der Waals surface area contributed by atoms with E-state index in [1.54, 1.807) is 0 Å². The monoisotopic (exact) mass is 610 g/mol. The molecule has 3 N–H and O–H groups in total. The van der Waals surface area contributed by atoms with Gasteiger partial charge in [0, 0.05) is 54.6 Å². The van der Waals surface area contributed by atoms with Gasteiger partial charge in [0.15, 0.2) is 6.29 Å². The minimum atomic E-state index is -0.580. The van der Waals surface area contributed by atoms with E-state index < -0.39 is 6.29 Å². The number of hydrogen-bond acceptors (Lipinski definition) is 6. The standard InChI is InChI=1S/C37H46N4O4/c1-41(14-12-31-6-2-3-13-38-31)23-33-19-34(29-10-8-25(24-42)9-11-29)45-35(44-33)30-5-4-7-32(18-30)39-36(43)40-37-20-26-15-27(21-37)17-28(16-26)22-37/h2-11,13,18,26-28,33-35,42H,12,14-17,19-24H2,1H3,(H2,39,40,43)/t26?,27?,28?,33-,34+,35+,37?/m1/s1. The van der Waals surface area contributed by atoms with Crippen molar-refractivity contribution in [3.63, 3.8) is 0 Å². The van der Waals surface area contributed by atoms with Crippen LogP contribution in [0.5, 0.6) is 0 Å². The number of nitrogens with zero attached hydrogens (tertiary/aromatic N) is 2. The summed E-state index contributed by atoms with van der Waals surface area (Å²) < 4.78 is 13.2. The summed E-state index contributed by atoms with van der Waals surface area (Å²) in [6.07, 6.45) is 10.0. The molecule has 1 saturated heterocycles. The molecule has 4 saturated carbocycles. The Hall–Kier alpha value is -3.30. The summed E-state index contributed by atoms with van der Waals surface area (Å²) in [6, 6.07) is 21.7. The van der Waals surface area contributed by atoms with Crippen molar-refractivity contribution in [1.82, 2.24) is 15.2 Å². The quantitative estimate of drug-likeness (QED) is 0.247. The molecule has 8 nitrogen and oxygen atoms in total. The highest BCUT2D eigenvalue weighted by Gasteiger charge is 2.51. The number of amides is 2. The van der Waals surface area contributed by atoms with Crippen molar-refractivity contribution in [3.05, 3.63) is 95.3 Å². The van der Waals surface area contributed by atoms with Crippen molar-refractivity contribution in [2.45, 2.75) is 82.0 Å². The molecule has 4 aliphatic carbocycles. The van der Waals surface area contributed by atoms with E-state index in [9.17, 15) is 9.90 Å². The van der Waals surface area contributed by atoms with E-state index in [1.807, 2.05) is 66.9 Å². The summed E-state index contributed by atoms with van der Waals surface area (Å²) in [7, 11) is 2.12. The Labute approximate surface area is 266 Å². The average Bonchev–Trinajstić information content (AvgIpc) is 3.03. The lowest BCUT2D eigenvalue weighted by atomic mass is 9.53. The van der Waals surface area contributed by atoms with Gasteiger partial charge < -0.3 is 30.1 Å². The van der Waals surface area contributed by atoms with Gasteiger partial charge in [-0.25, -0.2) is 4.79 Å². The van der Waals surface area contributed by atoms with Crippen LogP contribution in [0.1, 0.15) is 79.7 Å². The first-order chi connectivity index (χ1) is 21.9. The van der Waals surface area contributed by atoms with Crippen LogP contribution < -0.4 is 10.6 Å². The third-order valence-corrected chi connectivity index (χ3v) is 10.4. The Bertz CT molecular complexity index is 1410. The van der Waals surface area contributed by atoms with Crippen LogP contribution in [-0.2, 0) is 22.5 Å². The van der Waals surface area contributed by atoms with Gasteiger partial charge in [-0.15, -0.1) is 0 Å². The molecule has 2 heterocycles. The summed E-state index contributed by atoms with van der Waals surface area (Å²) in [5, 5.41) is 16.1. The molecule has 3 aromatic rings. The fourth-order valence-corrected chi connectivity index (χ4v) is 8.75. The van der Waals surface area contributed by atoms with Gasteiger partial charge >= 0.3 is 6.03 Å². The maximum atomic E-state index is 13.3. The van der Waals surface area contributed by atoms with Gasteiger partial charge in [0.25, 0.3) is 0 Å². The number of urea groups is 1. The van der Waals surface area contributed by atoms with Crippen molar-refractivity contribution < 1.29 is 19.4 Å². The first-order valence-corrected chi connectivity index (χ1v) is 16.7. The van der Waals surface area contributed by atoms with Crippen LogP contribution in [0.2, 0.25) is 0 Å². The molecule has 8 rings (SSSR count).